The molecule has 0 aliphatic heterocycles. The van der Waals surface area contributed by atoms with Crippen molar-refractivity contribution in [1.82, 2.24) is 19.9 Å². The lowest BCUT2D eigenvalue weighted by Crippen LogP contribution is -2.36. The molecular weight excluding hydrogens is 356 g/mol. The van der Waals surface area contributed by atoms with Gasteiger partial charge in [0, 0.05) is 32.0 Å². The summed E-state index contributed by atoms with van der Waals surface area (Å²) in [4.78, 5) is 20.4. The van der Waals surface area contributed by atoms with E-state index in [-0.39, 0.29) is 24.2 Å². The highest BCUT2D eigenvalue weighted by atomic mass is 16.5. The summed E-state index contributed by atoms with van der Waals surface area (Å²) in [5, 5.41) is 2.85. The van der Waals surface area contributed by atoms with Gasteiger partial charge in [-0.1, -0.05) is 13.8 Å². The number of carbonyl (C=O) groups is 1. The molecule has 1 aliphatic rings. The molecule has 7 heteroatoms. The standard InChI is InChI=1S/C21H32N4O3/c1-13(2)20-23-18-10-11-19(24-21(18)25(20)5)28-17-8-6-16(7-9-17)27-12-14(3)22-15(4)26/h10-11,13-14,16-17H,6-9,12H2,1-5H3,(H,22,26)/t14-,16?,17?/m0/s1. The van der Waals surface area contributed by atoms with Gasteiger partial charge in [-0.25, -0.2) is 4.98 Å². The highest BCUT2D eigenvalue weighted by molar-refractivity contribution is 5.73. The van der Waals surface area contributed by atoms with Crippen LogP contribution in [0.5, 0.6) is 5.88 Å². The van der Waals surface area contributed by atoms with Gasteiger partial charge < -0.3 is 19.4 Å². The Morgan fingerprint density at radius 1 is 1.18 bits per heavy atom. The van der Waals surface area contributed by atoms with E-state index in [2.05, 4.69) is 29.1 Å². The van der Waals surface area contributed by atoms with Crippen molar-refractivity contribution < 1.29 is 14.3 Å². The number of hydrogen-bond donors (Lipinski definition) is 1. The van der Waals surface area contributed by atoms with Crippen LogP contribution in [0, 0.1) is 0 Å². The van der Waals surface area contributed by atoms with Gasteiger partial charge in [0.05, 0.1) is 12.7 Å². The van der Waals surface area contributed by atoms with E-state index in [0.717, 1.165) is 42.7 Å². The van der Waals surface area contributed by atoms with Crippen LogP contribution in [0.3, 0.4) is 0 Å². The number of pyridine rings is 1. The molecule has 0 unspecified atom stereocenters. The van der Waals surface area contributed by atoms with Crippen LogP contribution in [0.1, 0.15) is 65.1 Å². The fraction of sp³-hybridized carbons (Fsp3) is 0.667. The molecule has 3 rings (SSSR count). The molecule has 0 aromatic carbocycles. The Labute approximate surface area is 166 Å². The molecule has 1 N–H and O–H groups in total. The number of rotatable bonds is 7. The molecule has 1 amide bonds. The van der Waals surface area contributed by atoms with E-state index in [1.165, 1.54) is 6.92 Å². The van der Waals surface area contributed by atoms with E-state index in [9.17, 15) is 4.79 Å². The van der Waals surface area contributed by atoms with Crippen molar-refractivity contribution in [3.63, 3.8) is 0 Å². The first kappa shape index (κ1) is 20.6. The Bertz CT molecular complexity index is 809. The Morgan fingerprint density at radius 3 is 2.50 bits per heavy atom. The van der Waals surface area contributed by atoms with Crippen molar-refractivity contribution >= 4 is 17.1 Å². The van der Waals surface area contributed by atoms with Gasteiger partial charge in [0.15, 0.2) is 5.65 Å². The van der Waals surface area contributed by atoms with Gasteiger partial charge in [0.25, 0.3) is 0 Å². The second-order valence-electron chi connectivity index (χ2n) is 8.13. The topological polar surface area (TPSA) is 78.3 Å². The number of aromatic nitrogens is 3. The first-order valence-electron chi connectivity index (χ1n) is 10.2. The summed E-state index contributed by atoms with van der Waals surface area (Å²) in [5.74, 6) is 2.03. The number of amides is 1. The van der Waals surface area contributed by atoms with Gasteiger partial charge in [-0.2, -0.15) is 4.98 Å². The minimum absolute atomic E-state index is 0.0217. The number of imidazole rings is 1. The molecular formula is C21H32N4O3. The van der Waals surface area contributed by atoms with Crippen LogP contribution in [0.4, 0.5) is 0 Å². The molecule has 0 radical (unpaired) electrons. The molecule has 1 fully saturated rings. The van der Waals surface area contributed by atoms with Gasteiger partial charge in [-0.15, -0.1) is 0 Å². The predicted octanol–water partition coefficient (Wildman–Crippen LogP) is 3.32. The third-order valence-electron chi connectivity index (χ3n) is 5.18. The number of nitrogens with zero attached hydrogens (tertiary/aromatic N) is 3. The van der Waals surface area contributed by atoms with E-state index in [1.807, 2.05) is 30.7 Å². The normalized spacial score (nSPS) is 21.1. The Hall–Kier alpha value is -2.15. The molecule has 1 atom stereocenters. The van der Waals surface area contributed by atoms with Crippen LogP contribution in [0.15, 0.2) is 12.1 Å². The monoisotopic (exact) mass is 388 g/mol. The van der Waals surface area contributed by atoms with Crippen molar-refractivity contribution in [2.45, 2.75) is 77.5 Å². The number of ether oxygens (including phenoxy) is 2. The van der Waals surface area contributed by atoms with Gasteiger partial charge in [0.1, 0.15) is 17.4 Å². The number of fused-ring (bicyclic) bond motifs is 1. The van der Waals surface area contributed by atoms with E-state index < -0.39 is 0 Å². The Morgan fingerprint density at radius 2 is 1.86 bits per heavy atom. The van der Waals surface area contributed by atoms with Crippen LogP contribution in [0.25, 0.3) is 11.2 Å². The minimum atomic E-state index is -0.0217. The summed E-state index contributed by atoms with van der Waals surface area (Å²) < 4.78 is 14.1. The average Bonchev–Trinajstić information content (AvgIpc) is 2.97. The second kappa shape index (κ2) is 8.90. The zero-order valence-electron chi connectivity index (χ0n) is 17.6. The maximum Gasteiger partial charge on any atom is 0.217 e. The molecule has 7 nitrogen and oxygen atoms in total. The highest BCUT2D eigenvalue weighted by Gasteiger charge is 2.24. The van der Waals surface area contributed by atoms with E-state index in [4.69, 9.17) is 9.47 Å². The van der Waals surface area contributed by atoms with Crippen molar-refractivity contribution in [3.8, 4) is 5.88 Å². The summed E-state index contributed by atoms with van der Waals surface area (Å²) in [6.45, 7) is 8.31. The molecule has 154 valence electrons. The molecule has 2 aromatic heterocycles. The second-order valence-corrected chi connectivity index (χ2v) is 8.13. The molecule has 28 heavy (non-hydrogen) atoms. The molecule has 1 aliphatic carbocycles. The zero-order chi connectivity index (χ0) is 20.3. The van der Waals surface area contributed by atoms with Crippen LogP contribution >= 0.6 is 0 Å². The predicted molar refractivity (Wildman–Crippen MR) is 109 cm³/mol. The first-order valence-corrected chi connectivity index (χ1v) is 10.2. The van der Waals surface area contributed by atoms with Crippen LogP contribution < -0.4 is 10.1 Å². The number of hydrogen-bond acceptors (Lipinski definition) is 5. The molecule has 0 spiro atoms. The number of nitrogens with one attached hydrogen (secondary N) is 1. The maximum atomic E-state index is 11.1. The van der Waals surface area contributed by atoms with Crippen molar-refractivity contribution in [2.24, 2.45) is 7.05 Å². The lowest BCUT2D eigenvalue weighted by molar-refractivity contribution is -0.120. The zero-order valence-corrected chi connectivity index (χ0v) is 17.6. The van der Waals surface area contributed by atoms with E-state index in [1.54, 1.807) is 0 Å². The smallest absolute Gasteiger partial charge is 0.217 e. The average molecular weight is 389 g/mol. The fourth-order valence-electron chi connectivity index (χ4n) is 3.80. The molecule has 0 saturated heterocycles. The molecule has 2 heterocycles. The van der Waals surface area contributed by atoms with Gasteiger partial charge in [0.2, 0.25) is 11.8 Å². The van der Waals surface area contributed by atoms with Gasteiger partial charge >= 0.3 is 0 Å². The van der Waals surface area contributed by atoms with E-state index >= 15 is 0 Å². The van der Waals surface area contributed by atoms with Crippen LogP contribution in [0.2, 0.25) is 0 Å². The van der Waals surface area contributed by atoms with Crippen molar-refractivity contribution in [1.29, 1.82) is 0 Å². The van der Waals surface area contributed by atoms with E-state index in [0.29, 0.717) is 18.4 Å². The largest absolute Gasteiger partial charge is 0.474 e. The fourth-order valence-corrected chi connectivity index (χ4v) is 3.80. The summed E-state index contributed by atoms with van der Waals surface area (Å²) >= 11 is 0. The summed E-state index contributed by atoms with van der Waals surface area (Å²) in [6, 6.07) is 3.94. The Kier molecular flexibility index (Phi) is 6.54. The molecule has 2 aromatic rings. The van der Waals surface area contributed by atoms with Crippen LogP contribution in [-0.2, 0) is 16.6 Å². The third-order valence-corrected chi connectivity index (χ3v) is 5.18. The first-order chi connectivity index (χ1) is 13.3. The molecule has 0 bridgehead atoms. The molecule has 1 saturated carbocycles. The quantitative estimate of drug-likeness (QED) is 0.787. The summed E-state index contributed by atoms with van der Waals surface area (Å²) in [6.07, 6.45) is 4.21. The number of carbonyl (C=O) groups excluding carboxylic acids is 1. The third kappa shape index (κ3) is 5.01. The lowest BCUT2D eigenvalue weighted by Gasteiger charge is -2.29. The SMILES string of the molecule is CC(=O)N[C@@H](C)COC1CCC(Oc2ccc3nc(C(C)C)n(C)c3n2)CC1. The van der Waals surface area contributed by atoms with Gasteiger partial charge in [-0.3, -0.25) is 4.79 Å². The summed E-state index contributed by atoms with van der Waals surface area (Å²) in [5.41, 5.74) is 1.77. The number of aryl methyl sites for hydroxylation is 1. The van der Waals surface area contributed by atoms with Crippen molar-refractivity contribution in [3.05, 3.63) is 18.0 Å². The Balaban J connectivity index is 1.52. The van der Waals surface area contributed by atoms with Crippen LogP contribution in [-0.4, -0.2) is 45.3 Å². The maximum absolute atomic E-state index is 11.1. The van der Waals surface area contributed by atoms with Crippen molar-refractivity contribution in [2.75, 3.05) is 6.61 Å². The highest BCUT2D eigenvalue weighted by Crippen LogP contribution is 2.27. The van der Waals surface area contributed by atoms with Gasteiger partial charge in [-0.05, 0) is 38.7 Å². The lowest BCUT2D eigenvalue weighted by atomic mass is 9.95. The summed E-state index contributed by atoms with van der Waals surface area (Å²) in [7, 11) is 2.01. The minimum Gasteiger partial charge on any atom is -0.474 e.